The van der Waals surface area contributed by atoms with Gasteiger partial charge in [0.2, 0.25) is 0 Å². The van der Waals surface area contributed by atoms with Gasteiger partial charge in [0.1, 0.15) is 0 Å². The Hall–Kier alpha value is -1.90. The topological polar surface area (TPSA) is 75.3 Å². The third kappa shape index (κ3) is 6.85. The first-order chi connectivity index (χ1) is 11.8. The molecule has 0 amide bonds. The van der Waals surface area contributed by atoms with Gasteiger partial charge in [-0.2, -0.15) is 4.98 Å². The molecule has 0 radical (unpaired) electrons. The minimum Gasteiger partial charge on any atom is -0.357 e. The average molecular weight is 455 g/mol. The van der Waals surface area contributed by atoms with Gasteiger partial charge in [-0.3, -0.25) is 0 Å². The molecule has 1 aromatic heterocycles. The molecule has 136 valence electrons. The molecule has 0 fully saturated rings. The summed E-state index contributed by atoms with van der Waals surface area (Å²) in [6.07, 6.45) is 3.63. The van der Waals surface area contributed by atoms with Crippen molar-refractivity contribution in [1.29, 1.82) is 0 Å². The summed E-state index contributed by atoms with van der Waals surface area (Å²) in [6.45, 7) is 9.89. The van der Waals surface area contributed by atoms with Gasteiger partial charge in [-0.05, 0) is 31.0 Å². The third-order valence-electron chi connectivity index (χ3n) is 3.29. The first-order valence-electron chi connectivity index (χ1n) is 8.31. The maximum absolute atomic E-state index is 5.34. The van der Waals surface area contributed by atoms with E-state index in [0.29, 0.717) is 19.0 Å². The number of aliphatic imine (C=N–C) groups is 1. The molecule has 0 aliphatic heterocycles. The van der Waals surface area contributed by atoms with Gasteiger partial charge < -0.3 is 15.2 Å². The van der Waals surface area contributed by atoms with Gasteiger partial charge in [-0.25, -0.2) is 4.99 Å². The fourth-order valence-corrected chi connectivity index (χ4v) is 2.18. The van der Waals surface area contributed by atoms with Crippen LogP contribution in [0.1, 0.15) is 31.7 Å². The highest BCUT2D eigenvalue weighted by atomic mass is 127. The molecule has 0 aliphatic rings. The van der Waals surface area contributed by atoms with Gasteiger partial charge >= 0.3 is 0 Å². The second-order valence-electron chi connectivity index (χ2n) is 5.33. The van der Waals surface area contributed by atoms with Gasteiger partial charge in [0, 0.05) is 25.1 Å². The summed E-state index contributed by atoms with van der Waals surface area (Å²) in [5, 5.41) is 10.4. The van der Waals surface area contributed by atoms with E-state index in [1.165, 1.54) is 0 Å². The van der Waals surface area contributed by atoms with E-state index in [2.05, 4.69) is 39.3 Å². The summed E-state index contributed by atoms with van der Waals surface area (Å²) in [5.74, 6) is 2.07. The molecule has 1 heterocycles. The zero-order valence-electron chi connectivity index (χ0n) is 14.8. The van der Waals surface area contributed by atoms with E-state index in [0.717, 1.165) is 42.3 Å². The molecule has 2 aromatic rings. The van der Waals surface area contributed by atoms with Crippen molar-refractivity contribution in [3.05, 3.63) is 48.3 Å². The van der Waals surface area contributed by atoms with Crippen LogP contribution in [0.15, 0.2) is 46.4 Å². The number of guanidine groups is 1. The Kier molecular flexibility index (Phi) is 9.83. The van der Waals surface area contributed by atoms with Gasteiger partial charge in [-0.15, -0.1) is 30.6 Å². The highest BCUT2D eigenvalue weighted by molar-refractivity contribution is 14.0. The molecule has 0 atom stereocenters. The van der Waals surface area contributed by atoms with Crippen LogP contribution in [0.2, 0.25) is 0 Å². The van der Waals surface area contributed by atoms with E-state index in [-0.39, 0.29) is 24.0 Å². The smallest absolute Gasteiger partial charge is 0.257 e. The zero-order chi connectivity index (χ0) is 17.2. The minimum atomic E-state index is 0. The number of halogens is 1. The maximum Gasteiger partial charge on any atom is 0.257 e. The summed E-state index contributed by atoms with van der Waals surface area (Å²) in [4.78, 5) is 9.00. The Morgan fingerprint density at radius 2 is 2.16 bits per heavy atom. The molecular formula is C18H26IN5O. The third-order valence-corrected chi connectivity index (χ3v) is 3.29. The summed E-state index contributed by atoms with van der Waals surface area (Å²) >= 11 is 0. The second-order valence-corrected chi connectivity index (χ2v) is 5.33. The molecule has 0 spiro atoms. The molecule has 0 saturated heterocycles. The van der Waals surface area contributed by atoms with Crippen molar-refractivity contribution in [3.63, 3.8) is 0 Å². The van der Waals surface area contributed by atoms with E-state index in [1.807, 2.05) is 31.2 Å². The highest BCUT2D eigenvalue weighted by Gasteiger charge is 2.08. The molecule has 6 nitrogen and oxygen atoms in total. The molecule has 0 aliphatic carbocycles. The van der Waals surface area contributed by atoms with Crippen LogP contribution < -0.4 is 10.6 Å². The second kappa shape index (κ2) is 11.6. The van der Waals surface area contributed by atoms with Gasteiger partial charge in [0.25, 0.3) is 5.89 Å². The van der Waals surface area contributed by atoms with E-state index in [1.54, 1.807) is 6.08 Å². The average Bonchev–Trinajstić information content (AvgIpc) is 3.07. The number of aromatic nitrogens is 2. The summed E-state index contributed by atoms with van der Waals surface area (Å²) in [5.41, 5.74) is 2.00. The van der Waals surface area contributed by atoms with Crippen LogP contribution in [0.5, 0.6) is 0 Å². The SMILES string of the molecule is C=CCNC(=NCc1cccc(-c2nc(CCC)no2)c1)NCC.I. The van der Waals surface area contributed by atoms with Crippen molar-refractivity contribution in [2.24, 2.45) is 4.99 Å². The van der Waals surface area contributed by atoms with E-state index in [9.17, 15) is 0 Å². The molecule has 7 heteroatoms. The molecule has 0 unspecified atom stereocenters. The van der Waals surface area contributed by atoms with Crippen LogP contribution in [0.25, 0.3) is 11.5 Å². The van der Waals surface area contributed by atoms with Crippen molar-refractivity contribution in [3.8, 4) is 11.5 Å². The summed E-state index contributed by atoms with van der Waals surface area (Å²) in [7, 11) is 0. The van der Waals surface area contributed by atoms with Gasteiger partial charge in [0.05, 0.1) is 6.54 Å². The molecule has 2 N–H and O–H groups in total. The van der Waals surface area contributed by atoms with Crippen LogP contribution in [-0.4, -0.2) is 29.2 Å². The highest BCUT2D eigenvalue weighted by Crippen LogP contribution is 2.19. The summed E-state index contributed by atoms with van der Waals surface area (Å²) < 4.78 is 5.34. The largest absolute Gasteiger partial charge is 0.357 e. The number of nitrogens with one attached hydrogen (secondary N) is 2. The molecule has 0 saturated carbocycles. The van der Waals surface area contributed by atoms with E-state index < -0.39 is 0 Å². The van der Waals surface area contributed by atoms with Crippen LogP contribution >= 0.6 is 24.0 Å². The van der Waals surface area contributed by atoms with Crippen LogP contribution in [0.3, 0.4) is 0 Å². The minimum absolute atomic E-state index is 0. The van der Waals surface area contributed by atoms with Crippen molar-refractivity contribution < 1.29 is 4.52 Å². The van der Waals surface area contributed by atoms with Crippen molar-refractivity contribution in [1.82, 2.24) is 20.8 Å². The van der Waals surface area contributed by atoms with Gasteiger partial charge in [-0.1, -0.05) is 30.3 Å². The molecule has 2 rings (SSSR count). The van der Waals surface area contributed by atoms with E-state index in [4.69, 9.17) is 4.52 Å². The fourth-order valence-electron chi connectivity index (χ4n) is 2.18. The lowest BCUT2D eigenvalue weighted by Crippen LogP contribution is -2.37. The predicted octanol–water partition coefficient (Wildman–Crippen LogP) is 3.55. The van der Waals surface area contributed by atoms with Crippen molar-refractivity contribution in [2.45, 2.75) is 33.2 Å². The molecular weight excluding hydrogens is 429 g/mol. The first-order valence-corrected chi connectivity index (χ1v) is 8.31. The Morgan fingerprint density at radius 3 is 2.88 bits per heavy atom. The number of hydrogen-bond acceptors (Lipinski definition) is 4. The van der Waals surface area contributed by atoms with Crippen LogP contribution in [-0.2, 0) is 13.0 Å². The number of benzene rings is 1. The first kappa shape index (κ1) is 21.1. The Bertz CT molecular complexity index is 684. The maximum atomic E-state index is 5.34. The van der Waals surface area contributed by atoms with Crippen LogP contribution in [0, 0.1) is 0 Å². The number of rotatable bonds is 8. The Balaban J connectivity index is 0.00000312. The number of aryl methyl sites for hydroxylation is 1. The lowest BCUT2D eigenvalue weighted by atomic mass is 10.1. The molecule has 25 heavy (non-hydrogen) atoms. The van der Waals surface area contributed by atoms with Gasteiger partial charge in [0.15, 0.2) is 11.8 Å². The van der Waals surface area contributed by atoms with Crippen molar-refractivity contribution >= 4 is 29.9 Å². The monoisotopic (exact) mass is 455 g/mol. The summed E-state index contributed by atoms with van der Waals surface area (Å²) in [6, 6.07) is 8.02. The van der Waals surface area contributed by atoms with Crippen molar-refractivity contribution in [2.75, 3.05) is 13.1 Å². The standard InChI is InChI=1S/C18H25N5O.HI/c1-4-8-16-22-17(24-23-16)15-10-7-9-14(12-15)13-21-18(19-6-3)20-11-5-2;/h5,7,9-10,12H,2,4,6,8,11,13H2,1,3H3,(H2,19,20,21);1H. The number of hydrogen-bond donors (Lipinski definition) is 2. The zero-order valence-corrected chi connectivity index (χ0v) is 17.1. The lowest BCUT2D eigenvalue weighted by Gasteiger charge is -2.09. The lowest BCUT2D eigenvalue weighted by molar-refractivity contribution is 0.422. The normalized spacial score (nSPS) is 10.9. The fraction of sp³-hybridized carbons (Fsp3) is 0.389. The number of nitrogens with zero attached hydrogens (tertiary/aromatic N) is 3. The molecule has 1 aromatic carbocycles. The quantitative estimate of drug-likeness (QED) is 0.276. The Morgan fingerprint density at radius 1 is 1.32 bits per heavy atom. The Labute approximate surface area is 166 Å². The van der Waals surface area contributed by atoms with E-state index >= 15 is 0 Å². The molecule has 0 bridgehead atoms. The van der Waals surface area contributed by atoms with Crippen LogP contribution in [0.4, 0.5) is 0 Å². The predicted molar refractivity (Wildman–Crippen MR) is 112 cm³/mol.